The fraction of sp³-hybridized carbons (Fsp3) is 0.889. The first kappa shape index (κ1) is 11.4. The third kappa shape index (κ3) is 2.81. The summed E-state index contributed by atoms with van der Waals surface area (Å²) >= 11 is 0. The van der Waals surface area contributed by atoms with Gasteiger partial charge in [0.25, 0.3) is 0 Å². The molecule has 2 atom stereocenters. The maximum atomic E-state index is 10.8. The number of ether oxygens (including phenoxy) is 1. The molecule has 3 heteroatoms. The van der Waals surface area contributed by atoms with Gasteiger partial charge in [0.2, 0.25) is 0 Å². The predicted molar refractivity (Wildman–Crippen MR) is 47.1 cm³/mol. The van der Waals surface area contributed by atoms with Crippen LogP contribution in [0.3, 0.4) is 0 Å². The summed E-state index contributed by atoms with van der Waals surface area (Å²) in [5.74, 6) is -0.742. The van der Waals surface area contributed by atoms with Gasteiger partial charge in [-0.1, -0.05) is 6.92 Å². The number of methoxy groups -OCH3 is 1. The van der Waals surface area contributed by atoms with Gasteiger partial charge in [0.05, 0.1) is 11.5 Å². The Hall–Kier alpha value is -0.570. The second kappa shape index (κ2) is 4.45. The highest BCUT2D eigenvalue weighted by Gasteiger charge is 2.32. The highest BCUT2D eigenvalue weighted by molar-refractivity contribution is 5.74. The third-order valence-electron chi connectivity index (χ3n) is 2.44. The van der Waals surface area contributed by atoms with E-state index in [2.05, 4.69) is 0 Å². The van der Waals surface area contributed by atoms with E-state index in [1.165, 1.54) is 0 Å². The molecule has 0 radical (unpaired) electrons. The number of rotatable bonds is 5. The first-order valence-corrected chi connectivity index (χ1v) is 4.22. The highest BCUT2D eigenvalue weighted by Crippen LogP contribution is 2.28. The summed E-state index contributed by atoms with van der Waals surface area (Å²) in [6.07, 6.45) is 1.21. The molecule has 0 aromatic carbocycles. The molecule has 3 nitrogen and oxygen atoms in total. The van der Waals surface area contributed by atoms with Gasteiger partial charge >= 0.3 is 5.97 Å². The Kier molecular flexibility index (Phi) is 4.24. The molecule has 0 fully saturated rings. The van der Waals surface area contributed by atoms with Crippen molar-refractivity contribution in [3.63, 3.8) is 0 Å². The van der Waals surface area contributed by atoms with Crippen LogP contribution in [0.5, 0.6) is 0 Å². The fourth-order valence-electron chi connectivity index (χ4n) is 1.10. The Morgan fingerprint density at radius 2 is 2.17 bits per heavy atom. The van der Waals surface area contributed by atoms with Crippen LogP contribution in [0.1, 0.15) is 33.6 Å². The normalized spacial score (nSPS) is 18.3. The number of hydrogen-bond donors (Lipinski definition) is 1. The summed E-state index contributed by atoms with van der Waals surface area (Å²) in [7, 11) is 1.60. The molecule has 72 valence electrons. The highest BCUT2D eigenvalue weighted by atomic mass is 16.5. The molecule has 0 saturated heterocycles. The number of hydrogen-bond acceptors (Lipinski definition) is 2. The number of carboxylic acid groups (broad SMARTS) is 1. The van der Waals surface area contributed by atoms with Crippen LogP contribution in [0.4, 0.5) is 0 Å². The quantitative estimate of drug-likeness (QED) is 0.692. The third-order valence-corrected chi connectivity index (χ3v) is 2.44. The number of aliphatic carboxylic acids is 1. The minimum Gasteiger partial charge on any atom is -0.481 e. The maximum absolute atomic E-state index is 10.8. The Labute approximate surface area is 73.7 Å². The van der Waals surface area contributed by atoms with E-state index < -0.39 is 11.4 Å². The smallest absolute Gasteiger partial charge is 0.309 e. The predicted octanol–water partition coefficient (Wildman–Crippen LogP) is 1.91. The van der Waals surface area contributed by atoms with Gasteiger partial charge in [0.1, 0.15) is 0 Å². The maximum Gasteiger partial charge on any atom is 0.309 e. The number of carboxylic acids is 1. The molecule has 0 amide bonds. The standard InChI is InChI=1S/C9H18O3/c1-5-9(3,8(10)11)6-7(2)12-4/h7H,5-6H2,1-4H3,(H,10,11). The van der Waals surface area contributed by atoms with Gasteiger partial charge in [-0.05, 0) is 26.7 Å². The molecular formula is C9H18O3. The van der Waals surface area contributed by atoms with Crippen molar-refractivity contribution in [3.8, 4) is 0 Å². The molecule has 12 heavy (non-hydrogen) atoms. The SMILES string of the molecule is CCC(C)(CC(C)OC)C(=O)O. The summed E-state index contributed by atoms with van der Waals surface area (Å²) in [5.41, 5.74) is -0.643. The van der Waals surface area contributed by atoms with Crippen molar-refractivity contribution in [1.82, 2.24) is 0 Å². The topological polar surface area (TPSA) is 46.5 Å². The van der Waals surface area contributed by atoms with Crippen molar-refractivity contribution >= 4 is 5.97 Å². The lowest BCUT2D eigenvalue weighted by atomic mass is 9.82. The molecule has 0 heterocycles. The van der Waals surface area contributed by atoms with E-state index >= 15 is 0 Å². The van der Waals surface area contributed by atoms with Gasteiger partial charge in [0.15, 0.2) is 0 Å². The van der Waals surface area contributed by atoms with Crippen molar-refractivity contribution in [2.45, 2.75) is 39.7 Å². The summed E-state index contributed by atoms with van der Waals surface area (Å²) in [5, 5.41) is 8.92. The summed E-state index contributed by atoms with van der Waals surface area (Å²) < 4.78 is 5.03. The van der Waals surface area contributed by atoms with Crippen LogP contribution in [0, 0.1) is 5.41 Å². The van der Waals surface area contributed by atoms with Gasteiger partial charge in [-0.3, -0.25) is 4.79 Å². The van der Waals surface area contributed by atoms with E-state index in [-0.39, 0.29) is 6.10 Å². The minimum atomic E-state index is -0.742. The van der Waals surface area contributed by atoms with Crippen LogP contribution in [0.15, 0.2) is 0 Å². The van der Waals surface area contributed by atoms with Gasteiger partial charge in [-0.15, -0.1) is 0 Å². The molecule has 1 N–H and O–H groups in total. The minimum absolute atomic E-state index is 0.00560. The van der Waals surface area contributed by atoms with Crippen LogP contribution in [-0.4, -0.2) is 24.3 Å². The van der Waals surface area contributed by atoms with Crippen LogP contribution >= 0.6 is 0 Å². The van der Waals surface area contributed by atoms with E-state index in [1.54, 1.807) is 14.0 Å². The van der Waals surface area contributed by atoms with E-state index in [4.69, 9.17) is 9.84 Å². The second-order valence-electron chi connectivity index (χ2n) is 3.47. The Balaban J connectivity index is 4.23. The zero-order valence-electron chi connectivity index (χ0n) is 8.26. The zero-order chi connectivity index (χ0) is 9.78. The van der Waals surface area contributed by atoms with Crippen LogP contribution in [0.25, 0.3) is 0 Å². The Bertz CT molecular complexity index is 156. The molecule has 0 rings (SSSR count). The summed E-state index contributed by atoms with van der Waals surface area (Å²) in [6, 6.07) is 0. The monoisotopic (exact) mass is 174 g/mol. The van der Waals surface area contributed by atoms with Crippen molar-refractivity contribution in [2.24, 2.45) is 5.41 Å². The lowest BCUT2D eigenvalue weighted by Crippen LogP contribution is -2.31. The molecule has 0 aliphatic heterocycles. The molecule has 0 aromatic heterocycles. The van der Waals surface area contributed by atoms with Crippen molar-refractivity contribution < 1.29 is 14.6 Å². The molecule has 0 spiro atoms. The van der Waals surface area contributed by atoms with E-state index in [0.29, 0.717) is 12.8 Å². The molecule has 0 bridgehead atoms. The van der Waals surface area contributed by atoms with Gasteiger partial charge in [-0.25, -0.2) is 0 Å². The summed E-state index contributed by atoms with van der Waals surface area (Å²) in [6.45, 7) is 5.53. The fourth-order valence-corrected chi connectivity index (χ4v) is 1.10. The molecule has 0 saturated carbocycles. The average Bonchev–Trinajstić information content (AvgIpc) is 2.03. The van der Waals surface area contributed by atoms with Crippen LogP contribution in [-0.2, 0) is 9.53 Å². The summed E-state index contributed by atoms with van der Waals surface area (Å²) in [4.78, 5) is 10.8. The Morgan fingerprint density at radius 3 is 2.42 bits per heavy atom. The average molecular weight is 174 g/mol. The van der Waals surface area contributed by atoms with E-state index in [9.17, 15) is 4.79 Å². The second-order valence-corrected chi connectivity index (χ2v) is 3.47. The van der Waals surface area contributed by atoms with Gasteiger partial charge in [0, 0.05) is 7.11 Å². The first-order valence-electron chi connectivity index (χ1n) is 4.22. The molecular weight excluding hydrogens is 156 g/mol. The lowest BCUT2D eigenvalue weighted by Gasteiger charge is -2.25. The lowest BCUT2D eigenvalue weighted by molar-refractivity contribution is -0.150. The van der Waals surface area contributed by atoms with E-state index in [0.717, 1.165) is 0 Å². The van der Waals surface area contributed by atoms with Gasteiger partial charge in [-0.2, -0.15) is 0 Å². The van der Waals surface area contributed by atoms with Gasteiger partial charge < -0.3 is 9.84 Å². The number of carbonyl (C=O) groups is 1. The Morgan fingerprint density at radius 1 is 1.67 bits per heavy atom. The largest absolute Gasteiger partial charge is 0.481 e. The molecule has 0 aliphatic carbocycles. The molecule has 0 aromatic rings. The van der Waals surface area contributed by atoms with Crippen LogP contribution in [0.2, 0.25) is 0 Å². The van der Waals surface area contributed by atoms with Crippen LogP contribution < -0.4 is 0 Å². The zero-order valence-corrected chi connectivity index (χ0v) is 8.26. The molecule has 0 aliphatic rings. The molecule has 2 unspecified atom stereocenters. The van der Waals surface area contributed by atoms with Crippen molar-refractivity contribution in [1.29, 1.82) is 0 Å². The van der Waals surface area contributed by atoms with Crippen molar-refractivity contribution in [2.75, 3.05) is 7.11 Å². The van der Waals surface area contributed by atoms with Crippen molar-refractivity contribution in [3.05, 3.63) is 0 Å². The van der Waals surface area contributed by atoms with E-state index in [1.807, 2.05) is 13.8 Å². The first-order chi connectivity index (χ1) is 5.46.